The van der Waals surface area contributed by atoms with E-state index in [9.17, 15) is 9.59 Å². The molecule has 1 aromatic carbocycles. The van der Waals surface area contributed by atoms with Crippen LogP contribution < -0.4 is 11.5 Å². The highest BCUT2D eigenvalue weighted by Gasteiger charge is 2.35. The summed E-state index contributed by atoms with van der Waals surface area (Å²) in [6.45, 7) is 0. The Morgan fingerprint density at radius 2 is 1.84 bits per heavy atom. The van der Waals surface area contributed by atoms with Crippen LogP contribution in [0.15, 0.2) is 54.1 Å². The third kappa shape index (κ3) is 2.73. The Morgan fingerprint density at radius 1 is 1.16 bits per heavy atom. The molecule has 4 N–H and O–H groups in total. The maximum Gasteiger partial charge on any atom is 0.248 e. The van der Waals surface area contributed by atoms with E-state index in [1.807, 2.05) is 30.3 Å². The van der Waals surface area contributed by atoms with Crippen LogP contribution in [0.1, 0.15) is 12.0 Å². The van der Waals surface area contributed by atoms with Gasteiger partial charge in [0.1, 0.15) is 0 Å². The third-order valence-corrected chi connectivity index (χ3v) is 3.41. The van der Waals surface area contributed by atoms with Crippen LogP contribution in [0.2, 0.25) is 0 Å². The van der Waals surface area contributed by atoms with Gasteiger partial charge >= 0.3 is 0 Å². The minimum atomic E-state index is -0.777. The molecule has 0 spiro atoms. The van der Waals surface area contributed by atoms with Crippen molar-refractivity contribution in [2.45, 2.75) is 12.8 Å². The number of benzene rings is 1. The van der Waals surface area contributed by atoms with E-state index in [0.717, 1.165) is 5.56 Å². The largest absolute Gasteiger partial charge is 0.369 e. The van der Waals surface area contributed by atoms with E-state index < -0.39 is 17.2 Å². The Hall–Kier alpha value is -2.36. The fraction of sp³-hybridized carbons (Fsp3) is 0.200. The smallest absolute Gasteiger partial charge is 0.248 e. The van der Waals surface area contributed by atoms with Crippen molar-refractivity contribution in [3.8, 4) is 0 Å². The highest BCUT2D eigenvalue weighted by atomic mass is 16.1. The third-order valence-electron chi connectivity index (χ3n) is 3.41. The molecule has 0 bridgehead atoms. The first-order valence-corrected chi connectivity index (χ1v) is 6.06. The quantitative estimate of drug-likeness (QED) is 0.844. The van der Waals surface area contributed by atoms with E-state index in [0.29, 0.717) is 18.4 Å². The molecule has 2 rings (SSSR count). The molecule has 1 aliphatic rings. The Bertz CT molecular complexity index is 561. The van der Waals surface area contributed by atoms with Crippen molar-refractivity contribution in [2.75, 3.05) is 0 Å². The molecule has 1 atom stereocenters. The summed E-state index contributed by atoms with van der Waals surface area (Å²) in [5.41, 5.74) is 11.4. The number of carbonyl (C=O) groups excluding carboxylic acids is 2. The van der Waals surface area contributed by atoms with Gasteiger partial charge in [0.15, 0.2) is 0 Å². The zero-order valence-electron chi connectivity index (χ0n) is 10.5. The Labute approximate surface area is 111 Å². The van der Waals surface area contributed by atoms with Gasteiger partial charge < -0.3 is 11.5 Å². The summed E-state index contributed by atoms with van der Waals surface area (Å²) in [7, 11) is 0. The fourth-order valence-corrected chi connectivity index (χ4v) is 2.22. The molecule has 1 aromatic rings. The molecule has 2 amide bonds. The molecule has 0 saturated heterocycles. The van der Waals surface area contributed by atoms with Crippen LogP contribution in [-0.4, -0.2) is 11.8 Å². The Balaban J connectivity index is 2.26. The molecule has 4 heteroatoms. The van der Waals surface area contributed by atoms with Crippen LogP contribution >= 0.6 is 0 Å². The lowest BCUT2D eigenvalue weighted by Gasteiger charge is -2.28. The van der Waals surface area contributed by atoms with E-state index in [4.69, 9.17) is 11.5 Å². The van der Waals surface area contributed by atoms with Crippen molar-refractivity contribution >= 4 is 11.8 Å². The zero-order chi connectivity index (χ0) is 13.9. The molecule has 4 nitrogen and oxygen atoms in total. The van der Waals surface area contributed by atoms with Gasteiger partial charge in [-0.2, -0.15) is 0 Å². The monoisotopic (exact) mass is 256 g/mol. The lowest BCUT2D eigenvalue weighted by atomic mass is 9.74. The molecule has 0 heterocycles. The highest BCUT2D eigenvalue weighted by molar-refractivity contribution is 5.96. The van der Waals surface area contributed by atoms with Gasteiger partial charge in [0.25, 0.3) is 0 Å². The Kier molecular flexibility index (Phi) is 3.51. The molecule has 0 fully saturated rings. The second-order valence-corrected chi connectivity index (χ2v) is 4.74. The van der Waals surface area contributed by atoms with Gasteiger partial charge in [-0.05, 0) is 18.4 Å². The van der Waals surface area contributed by atoms with Crippen LogP contribution in [0.25, 0.3) is 0 Å². The lowest BCUT2D eigenvalue weighted by Crippen LogP contribution is -2.38. The van der Waals surface area contributed by atoms with E-state index >= 15 is 0 Å². The van der Waals surface area contributed by atoms with Crippen molar-refractivity contribution in [1.82, 2.24) is 0 Å². The molecule has 0 aliphatic heterocycles. The van der Waals surface area contributed by atoms with Crippen LogP contribution in [0.5, 0.6) is 0 Å². The van der Waals surface area contributed by atoms with Gasteiger partial charge in [-0.1, -0.05) is 48.6 Å². The van der Waals surface area contributed by atoms with Gasteiger partial charge in [-0.3, -0.25) is 9.59 Å². The van der Waals surface area contributed by atoms with Crippen LogP contribution in [0.4, 0.5) is 0 Å². The number of hydrogen-bond acceptors (Lipinski definition) is 2. The maximum atomic E-state index is 11.8. The minimum Gasteiger partial charge on any atom is -0.369 e. The molecule has 1 aliphatic carbocycles. The van der Waals surface area contributed by atoms with Gasteiger partial charge in [0.05, 0.1) is 5.41 Å². The fourth-order valence-electron chi connectivity index (χ4n) is 2.22. The first kappa shape index (κ1) is 13.1. The van der Waals surface area contributed by atoms with Crippen molar-refractivity contribution in [1.29, 1.82) is 0 Å². The summed E-state index contributed by atoms with van der Waals surface area (Å²) < 4.78 is 0. The number of primary amides is 2. The number of hydrogen-bond donors (Lipinski definition) is 2. The van der Waals surface area contributed by atoms with E-state index in [2.05, 4.69) is 0 Å². The molecular weight excluding hydrogens is 240 g/mol. The van der Waals surface area contributed by atoms with Crippen LogP contribution in [0, 0.1) is 5.41 Å². The predicted octanol–water partition coefficient (Wildman–Crippen LogP) is 1.07. The summed E-state index contributed by atoms with van der Waals surface area (Å²) in [6.07, 6.45) is 5.87. The zero-order valence-corrected chi connectivity index (χ0v) is 10.5. The van der Waals surface area contributed by atoms with Crippen LogP contribution in [0.3, 0.4) is 0 Å². The SMILES string of the molecule is NC(=O)C1=CCC(Cc2ccccc2)(C(N)=O)C=C1. The van der Waals surface area contributed by atoms with Crippen molar-refractivity contribution in [2.24, 2.45) is 16.9 Å². The van der Waals surface area contributed by atoms with Crippen molar-refractivity contribution in [3.63, 3.8) is 0 Å². The van der Waals surface area contributed by atoms with E-state index in [-0.39, 0.29) is 0 Å². The van der Waals surface area contributed by atoms with E-state index in [1.165, 1.54) is 0 Å². The first-order chi connectivity index (χ1) is 9.03. The van der Waals surface area contributed by atoms with Gasteiger partial charge in [-0.25, -0.2) is 0 Å². The van der Waals surface area contributed by atoms with Gasteiger partial charge in [0.2, 0.25) is 11.8 Å². The average molecular weight is 256 g/mol. The number of nitrogens with two attached hydrogens (primary N) is 2. The predicted molar refractivity (Wildman–Crippen MR) is 72.8 cm³/mol. The van der Waals surface area contributed by atoms with Crippen LogP contribution in [-0.2, 0) is 16.0 Å². The molecule has 0 aromatic heterocycles. The number of rotatable bonds is 4. The standard InChI is InChI=1S/C15H16N2O2/c16-13(18)12-6-8-15(9-7-12,14(17)19)10-11-4-2-1-3-5-11/h1-8H,9-10H2,(H2,16,18)(H2,17,19). The number of allylic oxidation sites excluding steroid dienone is 1. The highest BCUT2D eigenvalue weighted by Crippen LogP contribution is 2.33. The molecule has 19 heavy (non-hydrogen) atoms. The summed E-state index contributed by atoms with van der Waals surface area (Å²) in [5.74, 6) is -0.888. The molecular formula is C15H16N2O2. The Morgan fingerprint density at radius 3 is 2.32 bits per heavy atom. The summed E-state index contributed by atoms with van der Waals surface area (Å²) in [5, 5.41) is 0. The second kappa shape index (κ2) is 5.10. The van der Waals surface area contributed by atoms with E-state index in [1.54, 1.807) is 18.2 Å². The summed E-state index contributed by atoms with van der Waals surface area (Å²) in [6, 6.07) is 9.66. The lowest BCUT2D eigenvalue weighted by molar-refractivity contribution is -0.125. The minimum absolute atomic E-state index is 0.395. The first-order valence-electron chi connectivity index (χ1n) is 6.06. The molecule has 0 radical (unpaired) electrons. The summed E-state index contributed by atoms with van der Waals surface area (Å²) >= 11 is 0. The molecule has 0 saturated carbocycles. The van der Waals surface area contributed by atoms with Gasteiger partial charge in [0, 0.05) is 5.57 Å². The normalized spacial score (nSPS) is 21.8. The molecule has 98 valence electrons. The summed E-state index contributed by atoms with van der Waals surface area (Å²) in [4.78, 5) is 22.9. The molecule has 1 unspecified atom stereocenters. The topological polar surface area (TPSA) is 86.2 Å². The maximum absolute atomic E-state index is 11.8. The van der Waals surface area contributed by atoms with Crippen molar-refractivity contribution < 1.29 is 9.59 Å². The number of carbonyl (C=O) groups is 2. The number of amides is 2. The second-order valence-electron chi connectivity index (χ2n) is 4.74. The van der Waals surface area contributed by atoms with Gasteiger partial charge in [-0.15, -0.1) is 0 Å². The van der Waals surface area contributed by atoms with Crippen molar-refractivity contribution in [3.05, 3.63) is 59.7 Å². The average Bonchev–Trinajstić information content (AvgIpc) is 2.40.